The van der Waals surface area contributed by atoms with Crippen molar-refractivity contribution < 1.29 is 14.3 Å². The molecule has 5 heteroatoms. The molecule has 1 saturated heterocycles. The summed E-state index contributed by atoms with van der Waals surface area (Å²) in [5.41, 5.74) is 0.522. The minimum Gasteiger partial charge on any atom is -0.478 e. The molecule has 1 aliphatic rings. The number of hydrogen-bond donors (Lipinski definition) is 2. The lowest BCUT2D eigenvalue weighted by Crippen LogP contribution is -2.37. The first kappa shape index (κ1) is 14.9. The average Bonchev–Trinajstić information content (AvgIpc) is 2.90. The highest BCUT2D eigenvalue weighted by atomic mass is 19.1. The lowest BCUT2D eigenvalue weighted by atomic mass is 10.1. The van der Waals surface area contributed by atoms with E-state index in [9.17, 15) is 9.18 Å². The number of aromatic carboxylic acids is 1. The van der Waals surface area contributed by atoms with Crippen molar-refractivity contribution in [2.45, 2.75) is 32.4 Å². The topological polar surface area (TPSA) is 52.6 Å². The summed E-state index contributed by atoms with van der Waals surface area (Å²) in [4.78, 5) is 13.3. The van der Waals surface area contributed by atoms with E-state index in [1.807, 2.05) is 0 Å². The van der Waals surface area contributed by atoms with Crippen molar-refractivity contribution in [3.8, 4) is 0 Å². The zero-order valence-electron chi connectivity index (χ0n) is 11.7. The molecule has 1 aromatic rings. The number of rotatable bonds is 6. The first-order chi connectivity index (χ1) is 9.56. The van der Waals surface area contributed by atoms with Crippen LogP contribution in [0.25, 0.3) is 0 Å². The maximum Gasteiger partial charge on any atom is 0.335 e. The van der Waals surface area contributed by atoms with Crippen LogP contribution in [0.5, 0.6) is 0 Å². The molecule has 0 saturated carbocycles. The summed E-state index contributed by atoms with van der Waals surface area (Å²) in [6, 6.07) is 4.15. The second-order valence-corrected chi connectivity index (χ2v) is 5.40. The predicted octanol–water partition coefficient (Wildman–Crippen LogP) is 2.10. The van der Waals surface area contributed by atoms with Gasteiger partial charge in [-0.2, -0.15) is 0 Å². The van der Waals surface area contributed by atoms with Gasteiger partial charge < -0.3 is 15.3 Å². The Morgan fingerprint density at radius 3 is 2.80 bits per heavy atom. The van der Waals surface area contributed by atoms with Crippen molar-refractivity contribution in [1.29, 1.82) is 0 Å². The first-order valence-corrected chi connectivity index (χ1v) is 7.03. The molecule has 1 atom stereocenters. The summed E-state index contributed by atoms with van der Waals surface area (Å²) in [6.45, 7) is 5.63. The first-order valence-electron chi connectivity index (χ1n) is 7.03. The molecule has 0 aromatic heterocycles. The summed E-state index contributed by atoms with van der Waals surface area (Å²) >= 11 is 0. The molecule has 0 aliphatic carbocycles. The molecule has 0 radical (unpaired) electrons. The van der Waals surface area contributed by atoms with Gasteiger partial charge in [0.2, 0.25) is 0 Å². The quantitative estimate of drug-likeness (QED) is 0.838. The Morgan fingerprint density at radius 1 is 1.45 bits per heavy atom. The van der Waals surface area contributed by atoms with Crippen molar-refractivity contribution >= 4 is 5.97 Å². The molecule has 2 N–H and O–H groups in total. The van der Waals surface area contributed by atoms with Crippen LogP contribution >= 0.6 is 0 Å². The van der Waals surface area contributed by atoms with Crippen molar-refractivity contribution in [3.63, 3.8) is 0 Å². The van der Waals surface area contributed by atoms with Gasteiger partial charge in [-0.05, 0) is 51.1 Å². The third-order valence-electron chi connectivity index (χ3n) is 3.66. The molecule has 1 unspecified atom stereocenters. The molecular formula is C15H21FN2O2. The van der Waals surface area contributed by atoms with Gasteiger partial charge >= 0.3 is 5.97 Å². The largest absolute Gasteiger partial charge is 0.478 e. The Balaban J connectivity index is 1.89. The Kier molecular flexibility index (Phi) is 5.09. The predicted molar refractivity (Wildman–Crippen MR) is 75.3 cm³/mol. The van der Waals surface area contributed by atoms with E-state index < -0.39 is 5.97 Å². The van der Waals surface area contributed by atoms with E-state index in [2.05, 4.69) is 17.1 Å². The molecule has 0 spiro atoms. The molecule has 0 bridgehead atoms. The molecule has 0 amide bonds. The van der Waals surface area contributed by atoms with Gasteiger partial charge in [0.1, 0.15) is 5.82 Å². The van der Waals surface area contributed by atoms with E-state index in [-0.39, 0.29) is 17.4 Å². The SMILES string of the molecule is CC(CN1CCCC1)NCc1cc(C(=O)O)ccc1F. The van der Waals surface area contributed by atoms with E-state index in [1.165, 1.54) is 31.0 Å². The lowest BCUT2D eigenvalue weighted by molar-refractivity contribution is 0.0696. The van der Waals surface area contributed by atoms with E-state index in [1.54, 1.807) is 0 Å². The van der Waals surface area contributed by atoms with Crippen LogP contribution in [0.15, 0.2) is 18.2 Å². The number of benzene rings is 1. The number of nitrogens with zero attached hydrogens (tertiary/aromatic N) is 1. The number of hydrogen-bond acceptors (Lipinski definition) is 3. The zero-order chi connectivity index (χ0) is 14.5. The molecule has 4 nitrogen and oxygen atoms in total. The minimum absolute atomic E-state index is 0.121. The second kappa shape index (κ2) is 6.81. The molecule has 1 fully saturated rings. The molecule has 110 valence electrons. The number of carboxylic acids is 1. The highest BCUT2D eigenvalue weighted by Gasteiger charge is 2.15. The van der Waals surface area contributed by atoms with Crippen LogP contribution in [0, 0.1) is 5.82 Å². The second-order valence-electron chi connectivity index (χ2n) is 5.40. The van der Waals surface area contributed by atoms with Gasteiger partial charge in [-0.25, -0.2) is 9.18 Å². The van der Waals surface area contributed by atoms with Crippen LogP contribution < -0.4 is 5.32 Å². The molecule has 20 heavy (non-hydrogen) atoms. The summed E-state index contributed by atoms with van der Waals surface area (Å²) in [5, 5.41) is 12.2. The van der Waals surface area contributed by atoms with Crippen LogP contribution in [0.1, 0.15) is 35.7 Å². The zero-order valence-corrected chi connectivity index (χ0v) is 11.7. The minimum atomic E-state index is -1.03. The van der Waals surface area contributed by atoms with Gasteiger partial charge in [0.15, 0.2) is 0 Å². The molecule has 1 heterocycles. The van der Waals surface area contributed by atoms with Gasteiger partial charge in [-0.15, -0.1) is 0 Å². The third kappa shape index (κ3) is 4.02. The van der Waals surface area contributed by atoms with Gasteiger partial charge in [-0.3, -0.25) is 0 Å². The number of halogens is 1. The molecule has 2 rings (SSSR count). The van der Waals surface area contributed by atoms with Crippen molar-refractivity contribution in [3.05, 3.63) is 35.1 Å². The fraction of sp³-hybridized carbons (Fsp3) is 0.533. The Labute approximate surface area is 118 Å². The summed E-state index contributed by atoms with van der Waals surface area (Å²) in [7, 11) is 0. The van der Waals surface area contributed by atoms with E-state index in [0.29, 0.717) is 12.1 Å². The summed E-state index contributed by atoms with van der Waals surface area (Å²) in [5.74, 6) is -1.40. The summed E-state index contributed by atoms with van der Waals surface area (Å²) in [6.07, 6.45) is 2.50. The van der Waals surface area contributed by atoms with E-state index >= 15 is 0 Å². The maximum absolute atomic E-state index is 13.6. The Bertz CT molecular complexity index is 473. The van der Waals surface area contributed by atoms with Crippen LogP contribution in [0.3, 0.4) is 0 Å². The third-order valence-corrected chi connectivity index (χ3v) is 3.66. The smallest absolute Gasteiger partial charge is 0.335 e. The normalized spacial score (nSPS) is 17.3. The van der Waals surface area contributed by atoms with Gasteiger partial charge in [0.05, 0.1) is 5.56 Å². The maximum atomic E-state index is 13.6. The average molecular weight is 280 g/mol. The van der Waals surface area contributed by atoms with Gasteiger partial charge in [0.25, 0.3) is 0 Å². The Hall–Kier alpha value is -1.46. The van der Waals surface area contributed by atoms with Gasteiger partial charge in [-0.1, -0.05) is 0 Å². The van der Waals surface area contributed by atoms with Crippen molar-refractivity contribution in [2.75, 3.05) is 19.6 Å². The molecular weight excluding hydrogens is 259 g/mol. The fourth-order valence-electron chi connectivity index (χ4n) is 2.54. The van der Waals surface area contributed by atoms with Crippen molar-refractivity contribution in [1.82, 2.24) is 10.2 Å². The van der Waals surface area contributed by atoms with Crippen LogP contribution in [0.4, 0.5) is 4.39 Å². The molecule has 1 aliphatic heterocycles. The van der Waals surface area contributed by atoms with Crippen LogP contribution in [-0.2, 0) is 6.54 Å². The number of nitrogens with one attached hydrogen (secondary N) is 1. The monoisotopic (exact) mass is 280 g/mol. The summed E-state index contributed by atoms with van der Waals surface area (Å²) < 4.78 is 13.6. The number of carbonyl (C=O) groups is 1. The number of likely N-dealkylation sites (tertiary alicyclic amines) is 1. The van der Waals surface area contributed by atoms with Crippen LogP contribution in [-0.4, -0.2) is 41.7 Å². The van der Waals surface area contributed by atoms with E-state index in [4.69, 9.17) is 5.11 Å². The van der Waals surface area contributed by atoms with Crippen molar-refractivity contribution in [2.24, 2.45) is 0 Å². The molecule has 1 aromatic carbocycles. The lowest BCUT2D eigenvalue weighted by Gasteiger charge is -2.21. The van der Waals surface area contributed by atoms with E-state index in [0.717, 1.165) is 19.6 Å². The fourth-order valence-corrected chi connectivity index (χ4v) is 2.54. The highest BCUT2D eigenvalue weighted by Crippen LogP contribution is 2.12. The standard InChI is InChI=1S/C15H21FN2O2/c1-11(10-18-6-2-3-7-18)17-9-13-8-12(15(19)20)4-5-14(13)16/h4-5,8,11,17H,2-3,6-7,9-10H2,1H3,(H,19,20). The highest BCUT2D eigenvalue weighted by molar-refractivity contribution is 5.87. The van der Waals surface area contributed by atoms with Crippen LogP contribution in [0.2, 0.25) is 0 Å². The van der Waals surface area contributed by atoms with Gasteiger partial charge in [0, 0.05) is 24.7 Å². The Morgan fingerprint density at radius 2 is 2.15 bits per heavy atom. The number of carboxylic acid groups (broad SMARTS) is 1.